The Morgan fingerprint density at radius 1 is 1.26 bits per heavy atom. The third-order valence-electron chi connectivity index (χ3n) is 4.43. The van der Waals surface area contributed by atoms with E-state index < -0.39 is 0 Å². The van der Waals surface area contributed by atoms with E-state index in [4.69, 9.17) is 9.47 Å². The molecule has 120 valence electrons. The smallest absolute Gasteiger partial charge is 0.257 e. The van der Waals surface area contributed by atoms with Gasteiger partial charge in [-0.15, -0.1) is 0 Å². The van der Waals surface area contributed by atoms with Crippen molar-refractivity contribution >= 4 is 5.91 Å². The molecule has 1 amide bonds. The number of amides is 1. The van der Waals surface area contributed by atoms with E-state index >= 15 is 0 Å². The van der Waals surface area contributed by atoms with Crippen LogP contribution < -0.4 is 9.47 Å². The van der Waals surface area contributed by atoms with E-state index in [0.717, 1.165) is 19.4 Å². The fraction of sp³-hybridized carbons (Fsp3) is 0.412. The van der Waals surface area contributed by atoms with Crippen LogP contribution in [0.15, 0.2) is 36.9 Å². The predicted molar refractivity (Wildman–Crippen MR) is 83.8 cm³/mol. The lowest BCUT2D eigenvalue weighted by atomic mass is 10.0. The summed E-state index contributed by atoms with van der Waals surface area (Å²) in [5.74, 6) is 1.25. The van der Waals surface area contributed by atoms with Gasteiger partial charge in [-0.2, -0.15) is 0 Å². The number of likely N-dealkylation sites (tertiary alicyclic amines) is 1. The van der Waals surface area contributed by atoms with Crippen molar-refractivity contribution in [2.75, 3.05) is 26.3 Å². The molecule has 1 aromatic heterocycles. The lowest BCUT2D eigenvalue weighted by molar-refractivity contribution is 0.0669. The fourth-order valence-corrected chi connectivity index (χ4v) is 3.28. The molecule has 6 nitrogen and oxygen atoms in total. The van der Waals surface area contributed by atoms with Crippen molar-refractivity contribution in [3.05, 3.63) is 42.5 Å². The number of para-hydroxylation sites is 1. The Morgan fingerprint density at radius 3 is 3.04 bits per heavy atom. The average Bonchev–Trinajstić information content (AvgIpc) is 3.15. The molecule has 23 heavy (non-hydrogen) atoms. The maximum atomic E-state index is 13.0. The van der Waals surface area contributed by atoms with Gasteiger partial charge in [-0.25, -0.2) is 4.98 Å². The largest absolute Gasteiger partial charge is 0.486 e. The molecule has 1 aromatic carbocycles. The number of carbonyl (C=O) groups excluding carboxylic acids is 1. The normalized spacial score (nSPS) is 20.3. The minimum atomic E-state index is 0.0113. The Morgan fingerprint density at radius 2 is 2.17 bits per heavy atom. The van der Waals surface area contributed by atoms with Gasteiger partial charge >= 0.3 is 0 Å². The van der Waals surface area contributed by atoms with Crippen LogP contribution in [-0.4, -0.2) is 46.7 Å². The number of carbonyl (C=O) groups is 1. The first-order valence-electron chi connectivity index (χ1n) is 7.98. The van der Waals surface area contributed by atoms with Gasteiger partial charge in [0, 0.05) is 25.5 Å². The average molecular weight is 313 g/mol. The summed E-state index contributed by atoms with van der Waals surface area (Å²) in [7, 11) is 0. The summed E-state index contributed by atoms with van der Waals surface area (Å²) in [6, 6.07) is 5.79. The van der Waals surface area contributed by atoms with Crippen LogP contribution in [0.2, 0.25) is 0 Å². The van der Waals surface area contributed by atoms with E-state index in [9.17, 15) is 4.79 Å². The quantitative estimate of drug-likeness (QED) is 0.852. The summed E-state index contributed by atoms with van der Waals surface area (Å²) in [6.45, 7) is 2.47. The number of nitrogens with zero attached hydrogens (tertiary/aromatic N) is 3. The first-order chi connectivity index (χ1) is 11.3. The van der Waals surface area contributed by atoms with E-state index in [-0.39, 0.29) is 11.9 Å². The van der Waals surface area contributed by atoms with Gasteiger partial charge in [0.25, 0.3) is 5.91 Å². The van der Waals surface area contributed by atoms with Gasteiger partial charge in [0.15, 0.2) is 11.5 Å². The zero-order chi connectivity index (χ0) is 15.6. The molecular formula is C17H19N3O3. The molecule has 0 bridgehead atoms. The molecular weight excluding hydrogens is 294 g/mol. The van der Waals surface area contributed by atoms with Gasteiger partial charge in [0.2, 0.25) is 0 Å². The summed E-state index contributed by atoms with van der Waals surface area (Å²) < 4.78 is 13.3. The summed E-state index contributed by atoms with van der Waals surface area (Å²) in [5.41, 5.74) is 0.591. The third-order valence-corrected chi connectivity index (χ3v) is 4.43. The number of ether oxygens (including phenoxy) is 2. The lowest BCUT2D eigenvalue weighted by Crippen LogP contribution is -2.40. The number of fused-ring (bicyclic) bond motifs is 1. The number of benzene rings is 1. The van der Waals surface area contributed by atoms with Crippen molar-refractivity contribution in [3.8, 4) is 11.5 Å². The van der Waals surface area contributed by atoms with Gasteiger partial charge in [0.1, 0.15) is 13.2 Å². The first-order valence-corrected chi connectivity index (χ1v) is 7.98. The molecule has 2 aromatic rings. The Kier molecular flexibility index (Phi) is 3.65. The van der Waals surface area contributed by atoms with Crippen LogP contribution in [0, 0.1) is 0 Å². The molecule has 0 radical (unpaired) electrons. The molecule has 0 aliphatic carbocycles. The van der Waals surface area contributed by atoms with E-state index in [1.54, 1.807) is 6.20 Å². The molecule has 2 aliphatic heterocycles. The van der Waals surface area contributed by atoms with Gasteiger partial charge in [-0.3, -0.25) is 4.79 Å². The Labute approximate surface area is 134 Å². The molecule has 3 heterocycles. The Bertz CT molecular complexity index is 699. The zero-order valence-corrected chi connectivity index (χ0v) is 12.9. The van der Waals surface area contributed by atoms with E-state index in [1.807, 2.05) is 35.6 Å². The topological polar surface area (TPSA) is 56.6 Å². The summed E-state index contributed by atoms with van der Waals surface area (Å²) in [6.07, 6.45) is 7.60. The van der Waals surface area contributed by atoms with Crippen LogP contribution in [0.3, 0.4) is 0 Å². The summed E-state index contributed by atoms with van der Waals surface area (Å²) in [4.78, 5) is 19.0. The van der Waals surface area contributed by atoms with Gasteiger partial charge in [-0.05, 0) is 25.0 Å². The Hall–Kier alpha value is -2.50. The number of rotatable bonds is 2. The minimum Gasteiger partial charge on any atom is -0.486 e. The number of hydrogen-bond acceptors (Lipinski definition) is 4. The minimum absolute atomic E-state index is 0.0113. The van der Waals surface area contributed by atoms with Crippen molar-refractivity contribution in [1.29, 1.82) is 0 Å². The van der Waals surface area contributed by atoms with Crippen LogP contribution in [-0.2, 0) is 0 Å². The molecule has 1 saturated heterocycles. The van der Waals surface area contributed by atoms with Crippen molar-refractivity contribution in [2.45, 2.75) is 18.9 Å². The van der Waals surface area contributed by atoms with Crippen molar-refractivity contribution in [2.24, 2.45) is 0 Å². The SMILES string of the molecule is O=C(c1cccc2c1OCCO2)N1CCC[C@H](n2ccnc2)C1. The monoisotopic (exact) mass is 313 g/mol. The molecule has 0 spiro atoms. The number of piperidine rings is 1. The van der Waals surface area contributed by atoms with Gasteiger partial charge < -0.3 is 18.9 Å². The number of hydrogen-bond donors (Lipinski definition) is 0. The molecule has 2 aliphatic rings. The van der Waals surface area contributed by atoms with Crippen molar-refractivity contribution in [1.82, 2.24) is 14.5 Å². The maximum Gasteiger partial charge on any atom is 0.257 e. The van der Waals surface area contributed by atoms with Crippen LogP contribution >= 0.6 is 0 Å². The highest BCUT2D eigenvalue weighted by Crippen LogP contribution is 2.35. The molecule has 4 rings (SSSR count). The van der Waals surface area contributed by atoms with Gasteiger partial charge in [-0.1, -0.05) is 6.07 Å². The third kappa shape index (κ3) is 2.65. The molecule has 0 saturated carbocycles. The molecule has 1 atom stereocenters. The zero-order valence-electron chi connectivity index (χ0n) is 12.9. The van der Waals surface area contributed by atoms with E-state index in [2.05, 4.69) is 9.55 Å². The second-order valence-corrected chi connectivity index (χ2v) is 5.89. The highest BCUT2D eigenvalue weighted by molar-refractivity contribution is 5.98. The standard InChI is InChI=1S/C17H19N3O3/c21-17(14-4-1-5-15-16(14)23-10-9-22-15)19-7-2-3-13(11-19)20-8-6-18-12-20/h1,4-6,8,12-13H,2-3,7,9-11H2/t13-/m0/s1. The second-order valence-electron chi connectivity index (χ2n) is 5.89. The number of aromatic nitrogens is 2. The molecule has 0 N–H and O–H groups in total. The van der Waals surface area contributed by atoms with Crippen LogP contribution in [0.25, 0.3) is 0 Å². The fourth-order valence-electron chi connectivity index (χ4n) is 3.28. The summed E-state index contributed by atoms with van der Waals surface area (Å²) in [5, 5.41) is 0. The summed E-state index contributed by atoms with van der Waals surface area (Å²) >= 11 is 0. The van der Waals surface area contributed by atoms with Crippen molar-refractivity contribution < 1.29 is 14.3 Å². The van der Waals surface area contributed by atoms with Crippen molar-refractivity contribution in [3.63, 3.8) is 0 Å². The van der Waals surface area contributed by atoms with Crippen LogP contribution in [0.1, 0.15) is 29.2 Å². The van der Waals surface area contributed by atoms with Gasteiger partial charge in [0.05, 0.1) is 17.9 Å². The lowest BCUT2D eigenvalue weighted by Gasteiger charge is -2.34. The highest BCUT2D eigenvalue weighted by Gasteiger charge is 2.28. The predicted octanol–water partition coefficient (Wildman–Crippen LogP) is 2.13. The van der Waals surface area contributed by atoms with Crippen LogP contribution in [0.4, 0.5) is 0 Å². The molecule has 6 heteroatoms. The number of imidazole rings is 1. The van der Waals surface area contributed by atoms with E-state index in [0.29, 0.717) is 36.8 Å². The molecule has 1 fully saturated rings. The first kappa shape index (κ1) is 14.1. The van der Waals surface area contributed by atoms with E-state index in [1.165, 1.54) is 0 Å². The molecule has 0 unspecified atom stereocenters. The maximum absolute atomic E-state index is 13.0. The Balaban J connectivity index is 1.57. The second kappa shape index (κ2) is 5.95. The highest BCUT2D eigenvalue weighted by atomic mass is 16.6. The van der Waals surface area contributed by atoms with Crippen LogP contribution in [0.5, 0.6) is 11.5 Å².